The van der Waals surface area contributed by atoms with Crippen LogP contribution in [-0.4, -0.2) is 181 Å². The average molecular weight is 860 g/mol. The number of aromatic amines is 1. The molecule has 2 aromatic heterocycles. The number of primary amides is 3. The molecule has 2 fully saturated rings. The third-order valence-electron chi connectivity index (χ3n) is 9.42. The minimum absolute atomic E-state index is 0.00604. The Kier molecular flexibility index (Phi) is 16.5. The van der Waals surface area contributed by atoms with E-state index in [9.17, 15) is 54.6 Å². The van der Waals surface area contributed by atoms with E-state index in [1.54, 1.807) is 0 Å². The quantitative estimate of drug-likeness (QED) is 0.0583. The van der Waals surface area contributed by atoms with E-state index in [0.29, 0.717) is 0 Å². The summed E-state index contributed by atoms with van der Waals surface area (Å²) in [6.45, 7) is -0.722. The van der Waals surface area contributed by atoms with Gasteiger partial charge in [-0.1, -0.05) is 0 Å². The van der Waals surface area contributed by atoms with Crippen LogP contribution in [0.1, 0.15) is 46.1 Å². The van der Waals surface area contributed by atoms with Crippen LogP contribution >= 0.6 is 0 Å². The van der Waals surface area contributed by atoms with Gasteiger partial charge in [0.25, 0.3) is 5.91 Å². The lowest BCUT2D eigenvalue weighted by atomic mass is 9.97. The van der Waals surface area contributed by atoms with Crippen molar-refractivity contribution in [2.45, 2.75) is 99.0 Å². The van der Waals surface area contributed by atoms with Gasteiger partial charge in [-0.15, -0.1) is 0 Å². The average Bonchev–Trinajstić information content (AvgIpc) is 3.74. The Morgan fingerprint density at radius 2 is 1.58 bits per heavy atom. The number of nitrogens with one attached hydrogen (secondary N) is 3. The minimum Gasteiger partial charge on any atom is -0.467 e. The topological polar surface area (TPSA) is 471 Å². The van der Waals surface area contributed by atoms with Gasteiger partial charge in [0.15, 0.2) is 24.7 Å². The van der Waals surface area contributed by atoms with Crippen LogP contribution in [0.25, 0.3) is 0 Å². The van der Waals surface area contributed by atoms with Gasteiger partial charge in [-0.05, 0) is 6.92 Å². The second-order valence-corrected chi connectivity index (χ2v) is 13.5. The highest BCUT2D eigenvalue weighted by Crippen LogP contribution is 2.34. The summed E-state index contributed by atoms with van der Waals surface area (Å²) < 4.78 is 33.0. The van der Waals surface area contributed by atoms with Crippen LogP contribution in [0, 0.1) is 6.92 Å². The smallest absolute Gasteiger partial charge is 0.404 e. The number of hydrogen-bond acceptors (Lipinski definition) is 23. The first-order valence-corrected chi connectivity index (χ1v) is 17.9. The zero-order chi connectivity index (χ0) is 44.6. The summed E-state index contributed by atoms with van der Waals surface area (Å²) in [6, 6.07) is -4.25. The van der Waals surface area contributed by atoms with Crippen molar-refractivity contribution in [3.05, 3.63) is 35.3 Å². The van der Waals surface area contributed by atoms with Crippen molar-refractivity contribution in [1.29, 1.82) is 0 Å². The van der Waals surface area contributed by atoms with Crippen molar-refractivity contribution in [3.63, 3.8) is 0 Å². The van der Waals surface area contributed by atoms with Crippen LogP contribution < -0.4 is 39.3 Å². The largest absolute Gasteiger partial charge is 0.467 e. The fraction of sp³-hybridized carbons (Fsp3) is 0.625. The molecule has 4 heterocycles. The number of amides is 4. The number of nitrogens with zero attached hydrogens (tertiary/aromatic N) is 3. The van der Waals surface area contributed by atoms with E-state index < -0.39 is 141 Å². The third kappa shape index (κ3) is 11.1. The summed E-state index contributed by atoms with van der Waals surface area (Å²) in [5.41, 5.74) is 27.1. The van der Waals surface area contributed by atoms with E-state index >= 15 is 0 Å². The van der Waals surface area contributed by atoms with E-state index in [0.717, 1.165) is 19.6 Å². The second-order valence-electron chi connectivity index (χ2n) is 13.5. The highest BCUT2D eigenvalue weighted by atomic mass is 16.8. The summed E-state index contributed by atoms with van der Waals surface area (Å²) in [7, 11) is 0.970. The molecule has 0 spiro atoms. The number of rotatable bonds is 19. The number of aliphatic hydroxyl groups is 6. The molecule has 0 aromatic carbocycles. The molecule has 4 rings (SSSR count). The lowest BCUT2D eigenvalue weighted by Crippen LogP contribution is -2.65. The van der Waals surface area contributed by atoms with E-state index in [1.165, 1.54) is 6.92 Å². The molecule has 0 aliphatic carbocycles. The number of anilines is 1. The van der Waals surface area contributed by atoms with Crippen LogP contribution in [0.15, 0.2) is 12.5 Å². The molecule has 0 saturated carbocycles. The van der Waals surface area contributed by atoms with Crippen LogP contribution in [0.2, 0.25) is 0 Å². The van der Waals surface area contributed by atoms with Gasteiger partial charge in [0.05, 0.1) is 50.6 Å². The van der Waals surface area contributed by atoms with Crippen LogP contribution in [0.5, 0.6) is 0 Å². The molecule has 2 aliphatic rings. The zero-order valence-corrected chi connectivity index (χ0v) is 32.0. The van der Waals surface area contributed by atoms with Gasteiger partial charge in [-0.25, -0.2) is 24.5 Å². The van der Waals surface area contributed by atoms with Crippen LogP contribution in [0.4, 0.5) is 10.6 Å². The fourth-order valence-corrected chi connectivity index (χ4v) is 6.15. The number of hydrogen-bond donors (Lipinski definition) is 14. The standard InChI is InChI=1S/C32H49N11O17/c1-9-16(41-27(43-25(9)35)11(3-15(34)46)39-4-10(33)26(36)51)28(52)42-17(29(53)55-2)22(12-5-38-8-40-12)58-31-24(20(49)18(47)13(6-44)57-31)59-30-21(50)23(60-32(37)54)19(48)14(7-45)56-30/h5,8,10-11,13-14,17-24,30-31,39,44-45,47-50H,3-4,6-7,33H2,1-2H3,(H2,34,46)(H2,36,51)(H2,37,54)(H,38,40)(H,42,52)(H2,35,41,43)/t10-,11?,13+,14+,17?,18-,19-,20+,21+,22?,23+,24?,30-,31+/m0/s1. The fourth-order valence-electron chi connectivity index (χ4n) is 6.15. The Bertz CT molecular complexity index is 1810. The Hall–Kier alpha value is -5.24. The number of ether oxygens (including phenoxy) is 6. The number of carbonyl (C=O) groups is 5. The predicted octanol–water partition coefficient (Wildman–Crippen LogP) is -7.83. The number of carbonyl (C=O) groups excluding carboxylic acids is 5. The lowest BCUT2D eigenvalue weighted by molar-refractivity contribution is -0.372. The maximum atomic E-state index is 14.1. The normalized spacial score (nSPS) is 28.8. The molecular weight excluding hydrogens is 810 g/mol. The van der Waals surface area contributed by atoms with E-state index in [-0.39, 0.29) is 29.4 Å². The van der Waals surface area contributed by atoms with Gasteiger partial charge in [-0.2, -0.15) is 0 Å². The Morgan fingerprint density at radius 3 is 2.15 bits per heavy atom. The summed E-state index contributed by atoms with van der Waals surface area (Å²) in [5.74, 6) is -4.49. The van der Waals surface area contributed by atoms with Crippen LogP contribution in [-0.2, 0) is 42.8 Å². The van der Waals surface area contributed by atoms with Crippen molar-refractivity contribution in [2.75, 3.05) is 32.6 Å². The van der Waals surface area contributed by atoms with Crippen LogP contribution in [0.3, 0.4) is 0 Å². The SMILES string of the molecule is COC(=O)C(NC(=O)c1nc(C(CC(N)=O)NC[C@H](N)C(N)=O)nc(N)c1C)C(O[C@H]1O[C@H](CO)[C@H](O)[C@@H](O)C1O[C@@H]1O[C@H](CO)[C@H](O)[C@@H](OC(N)=O)[C@H]1O)c1cnc[nH]1. The van der Waals surface area contributed by atoms with Gasteiger partial charge in [-0.3, -0.25) is 14.4 Å². The minimum atomic E-state index is -2.06. The molecule has 4 amide bonds. The molecule has 2 aromatic rings. The summed E-state index contributed by atoms with van der Waals surface area (Å²) in [5, 5.41) is 68.6. The van der Waals surface area contributed by atoms with E-state index in [1.807, 2.05) is 0 Å². The number of esters is 1. The molecule has 0 bridgehead atoms. The van der Waals surface area contributed by atoms with Crippen molar-refractivity contribution in [2.24, 2.45) is 22.9 Å². The van der Waals surface area contributed by atoms with Gasteiger partial charge in [0.2, 0.25) is 11.8 Å². The van der Waals surface area contributed by atoms with Gasteiger partial charge in [0.1, 0.15) is 66.2 Å². The maximum Gasteiger partial charge on any atom is 0.404 e. The number of nitrogens with two attached hydrogens (primary N) is 5. The lowest BCUT2D eigenvalue weighted by Gasteiger charge is -2.47. The Labute approximate surface area is 339 Å². The molecule has 0 radical (unpaired) electrons. The number of aromatic nitrogens is 4. The molecule has 28 nitrogen and oxygen atoms in total. The monoisotopic (exact) mass is 859 g/mol. The number of nitrogen functional groups attached to an aromatic ring is 1. The molecule has 334 valence electrons. The highest BCUT2D eigenvalue weighted by molar-refractivity contribution is 5.97. The highest BCUT2D eigenvalue weighted by Gasteiger charge is 2.53. The molecular formula is C32H49N11O17. The molecule has 28 heteroatoms. The number of aliphatic hydroxyl groups excluding tert-OH is 6. The van der Waals surface area contributed by atoms with Gasteiger partial charge in [0, 0.05) is 18.5 Å². The van der Waals surface area contributed by atoms with Gasteiger partial charge < -0.3 is 103 Å². The first-order valence-electron chi connectivity index (χ1n) is 17.9. The second kappa shape index (κ2) is 20.8. The Balaban J connectivity index is 1.73. The van der Waals surface area contributed by atoms with E-state index in [4.69, 9.17) is 57.1 Å². The molecule has 14 atom stereocenters. The van der Waals surface area contributed by atoms with Crippen molar-refractivity contribution in [1.82, 2.24) is 30.6 Å². The predicted molar refractivity (Wildman–Crippen MR) is 193 cm³/mol. The summed E-state index contributed by atoms with van der Waals surface area (Å²) in [6.07, 6.45) is -20.1. The molecule has 60 heavy (non-hydrogen) atoms. The molecule has 2 saturated heterocycles. The first kappa shape index (κ1) is 47.4. The van der Waals surface area contributed by atoms with E-state index in [2.05, 4.69) is 30.6 Å². The van der Waals surface area contributed by atoms with Crippen molar-refractivity contribution < 1.29 is 83.0 Å². The van der Waals surface area contributed by atoms with Crippen molar-refractivity contribution >= 4 is 35.6 Å². The first-order chi connectivity index (χ1) is 28.3. The zero-order valence-electron chi connectivity index (χ0n) is 32.0. The number of methoxy groups -OCH3 is 1. The Morgan fingerprint density at radius 1 is 0.933 bits per heavy atom. The number of imidazole rings is 1. The molecule has 4 unspecified atom stereocenters. The molecule has 19 N–H and O–H groups in total. The maximum absolute atomic E-state index is 14.1. The van der Waals surface area contributed by atoms with Crippen molar-refractivity contribution in [3.8, 4) is 0 Å². The van der Waals surface area contributed by atoms with Gasteiger partial charge >= 0.3 is 12.1 Å². The molecule has 2 aliphatic heterocycles. The summed E-state index contributed by atoms with van der Waals surface area (Å²) >= 11 is 0. The summed E-state index contributed by atoms with van der Waals surface area (Å²) in [4.78, 5) is 77.7. The number of H-pyrrole nitrogens is 1. The third-order valence-corrected chi connectivity index (χ3v) is 9.42.